The summed E-state index contributed by atoms with van der Waals surface area (Å²) in [6, 6.07) is 8.85. The molecule has 0 aliphatic rings. The van der Waals surface area contributed by atoms with Crippen LogP contribution < -0.4 is 5.32 Å². The van der Waals surface area contributed by atoms with Gasteiger partial charge in [0.15, 0.2) is 0 Å². The van der Waals surface area contributed by atoms with Gasteiger partial charge in [-0.05, 0) is 25.1 Å². The van der Waals surface area contributed by atoms with Gasteiger partial charge in [0.2, 0.25) is 5.91 Å². The van der Waals surface area contributed by atoms with Crippen LogP contribution in [-0.2, 0) is 4.79 Å². The lowest BCUT2D eigenvalue weighted by atomic mass is 10.0. The number of hydrogen-bond donors (Lipinski definition) is 2. The molecule has 0 aliphatic heterocycles. The van der Waals surface area contributed by atoms with Gasteiger partial charge in [0.25, 0.3) is 0 Å². The highest BCUT2D eigenvalue weighted by molar-refractivity contribution is 6.01. The average molecular weight is 361 g/mol. The van der Waals surface area contributed by atoms with E-state index >= 15 is 0 Å². The average Bonchev–Trinajstić information content (AvgIpc) is 3.00. The molecule has 4 heterocycles. The lowest BCUT2D eigenvalue weighted by molar-refractivity contribution is -0.114. The molecule has 0 atom stereocenters. The van der Waals surface area contributed by atoms with Crippen LogP contribution in [0.1, 0.15) is 12.6 Å². The lowest BCUT2D eigenvalue weighted by Crippen LogP contribution is -2.07. The number of rotatable bonds is 3. The second kappa shape index (κ2) is 6.60. The number of carbonyl (C=O) groups excluding carboxylic acids is 1. The molecule has 0 radical (unpaired) electrons. The number of H-pyrrole nitrogens is 1. The van der Waals surface area contributed by atoms with E-state index in [-0.39, 0.29) is 5.91 Å². The molecule has 0 saturated carbocycles. The van der Waals surface area contributed by atoms with Crippen LogP contribution >= 0.6 is 0 Å². The van der Waals surface area contributed by atoms with Crippen molar-refractivity contribution in [3.63, 3.8) is 0 Å². The summed E-state index contributed by atoms with van der Waals surface area (Å²) in [6.07, 6.45) is 4.57. The largest absolute Gasteiger partial charge is 0.353 e. The highest BCUT2D eigenvalue weighted by Crippen LogP contribution is 2.37. The van der Waals surface area contributed by atoms with Crippen molar-refractivity contribution in [1.29, 1.82) is 0 Å². The Balaban J connectivity index is 1.96. The van der Waals surface area contributed by atoms with E-state index in [1.807, 2.05) is 25.1 Å². The van der Waals surface area contributed by atoms with Crippen molar-refractivity contribution in [2.45, 2.75) is 13.8 Å². The Hall–Kier alpha value is -3.61. The molecule has 2 N–H and O–H groups in total. The van der Waals surface area contributed by atoms with Crippen molar-refractivity contribution >= 4 is 22.8 Å². The first-order chi connectivity index (χ1) is 13.0. The molecule has 0 fully saturated rings. The van der Waals surface area contributed by atoms with E-state index < -0.39 is 5.82 Å². The maximum atomic E-state index is 13.7. The summed E-state index contributed by atoms with van der Waals surface area (Å²) in [4.78, 5) is 27.4. The number of halogens is 1. The Labute approximate surface area is 154 Å². The summed E-state index contributed by atoms with van der Waals surface area (Å²) in [6.45, 7) is 3.34. The van der Waals surface area contributed by atoms with Gasteiger partial charge in [-0.15, -0.1) is 0 Å². The van der Waals surface area contributed by atoms with Crippen LogP contribution in [0.15, 0.2) is 48.9 Å². The smallest absolute Gasteiger partial charge is 0.222 e. The summed E-state index contributed by atoms with van der Waals surface area (Å²) in [5, 5.41) is 2.67. The van der Waals surface area contributed by atoms with Crippen LogP contribution in [0.5, 0.6) is 0 Å². The van der Waals surface area contributed by atoms with E-state index in [1.54, 1.807) is 18.5 Å². The number of fused-ring (bicyclic) bond motifs is 1. The fourth-order valence-electron chi connectivity index (χ4n) is 3.00. The summed E-state index contributed by atoms with van der Waals surface area (Å²) in [5.41, 5.74) is 5.35. The van der Waals surface area contributed by atoms with Gasteiger partial charge in [0, 0.05) is 47.8 Å². The molecule has 4 aromatic rings. The quantitative estimate of drug-likeness (QED) is 0.576. The number of nitrogens with zero attached hydrogens (tertiary/aromatic N) is 3. The number of hydrogen-bond acceptors (Lipinski definition) is 4. The van der Waals surface area contributed by atoms with Gasteiger partial charge in [-0.1, -0.05) is 6.07 Å². The number of aromatic amines is 1. The molecule has 0 bridgehead atoms. The van der Waals surface area contributed by atoms with E-state index in [0.717, 1.165) is 28.1 Å². The number of aromatic nitrogens is 4. The highest BCUT2D eigenvalue weighted by atomic mass is 19.1. The molecule has 0 aromatic carbocycles. The first kappa shape index (κ1) is 16.8. The molecule has 0 aliphatic carbocycles. The van der Waals surface area contributed by atoms with Crippen molar-refractivity contribution in [2.24, 2.45) is 0 Å². The summed E-state index contributed by atoms with van der Waals surface area (Å²) in [5.74, 6) is -0.189. The highest BCUT2D eigenvalue weighted by Gasteiger charge is 2.17. The third-order valence-corrected chi connectivity index (χ3v) is 4.15. The number of aryl methyl sites for hydroxylation is 1. The molecule has 27 heavy (non-hydrogen) atoms. The zero-order chi connectivity index (χ0) is 19.0. The fraction of sp³-hybridized carbons (Fsp3) is 0.100. The number of pyridine rings is 3. The monoisotopic (exact) mass is 361 g/mol. The predicted molar refractivity (Wildman–Crippen MR) is 102 cm³/mol. The SMILES string of the molecule is CC(=O)Nc1cc(-c2[nH]c3cc(F)cnc3c2-c2ccc(C)nc2)ccn1. The number of anilines is 1. The molecule has 4 rings (SSSR count). The van der Waals surface area contributed by atoms with Crippen molar-refractivity contribution in [2.75, 3.05) is 5.32 Å². The minimum absolute atomic E-state index is 0.206. The van der Waals surface area contributed by atoms with Gasteiger partial charge in [0.05, 0.1) is 22.9 Å². The van der Waals surface area contributed by atoms with Gasteiger partial charge in [-0.3, -0.25) is 14.8 Å². The molecule has 1 amide bonds. The molecule has 134 valence electrons. The zero-order valence-corrected chi connectivity index (χ0v) is 14.7. The fourth-order valence-corrected chi connectivity index (χ4v) is 3.00. The normalized spacial score (nSPS) is 10.9. The number of nitrogens with one attached hydrogen (secondary N) is 2. The van der Waals surface area contributed by atoms with Crippen molar-refractivity contribution in [3.8, 4) is 22.4 Å². The van der Waals surface area contributed by atoms with E-state index in [9.17, 15) is 9.18 Å². The van der Waals surface area contributed by atoms with Crippen LogP contribution in [0.25, 0.3) is 33.4 Å². The third kappa shape index (κ3) is 3.27. The Morgan fingerprint density at radius 1 is 1.07 bits per heavy atom. The maximum absolute atomic E-state index is 13.7. The molecule has 0 saturated heterocycles. The van der Waals surface area contributed by atoms with Gasteiger partial charge in [0.1, 0.15) is 11.6 Å². The minimum atomic E-state index is -0.419. The van der Waals surface area contributed by atoms with Gasteiger partial charge in [-0.25, -0.2) is 9.37 Å². The summed E-state index contributed by atoms with van der Waals surface area (Å²) in [7, 11) is 0. The minimum Gasteiger partial charge on any atom is -0.353 e. The first-order valence-electron chi connectivity index (χ1n) is 8.35. The number of amides is 1. The van der Waals surface area contributed by atoms with E-state index in [4.69, 9.17) is 0 Å². The van der Waals surface area contributed by atoms with Crippen molar-refractivity contribution < 1.29 is 9.18 Å². The maximum Gasteiger partial charge on any atom is 0.222 e. The van der Waals surface area contributed by atoms with Gasteiger partial charge < -0.3 is 10.3 Å². The van der Waals surface area contributed by atoms with Crippen LogP contribution in [0.2, 0.25) is 0 Å². The summed E-state index contributed by atoms with van der Waals surface area (Å²) >= 11 is 0. The summed E-state index contributed by atoms with van der Waals surface area (Å²) < 4.78 is 13.7. The molecule has 0 unspecified atom stereocenters. The molecular weight excluding hydrogens is 345 g/mol. The molecule has 0 spiro atoms. The Morgan fingerprint density at radius 3 is 2.67 bits per heavy atom. The second-order valence-electron chi connectivity index (χ2n) is 6.22. The van der Waals surface area contributed by atoms with E-state index in [0.29, 0.717) is 16.9 Å². The van der Waals surface area contributed by atoms with Gasteiger partial charge >= 0.3 is 0 Å². The Bertz CT molecular complexity index is 1150. The molecule has 4 aromatic heterocycles. The first-order valence-corrected chi connectivity index (χ1v) is 8.35. The number of carbonyl (C=O) groups is 1. The molecular formula is C20H16FN5O. The molecule has 6 nitrogen and oxygen atoms in total. The van der Waals surface area contributed by atoms with Crippen molar-refractivity contribution in [1.82, 2.24) is 19.9 Å². The van der Waals surface area contributed by atoms with E-state index in [2.05, 4.69) is 25.3 Å². The third-order valence-electron chi connectivity index (χ3n) is 4.15. The van der Waals surface area contributed by atoms with Crippen molar-refractivity contribution in [3.05, 3.63) is 60.4 Å². The second-order valence-corrected chi connectivity index (χ2v) is 6.22. The van der Waals surface area contributed by atoms with E-state index in [1.165, 1.54) is 19.2 Å². The van der Waals surface area contributed by atoms with Crippen LogP contribution in [0, 0.1) is 12.7 Å². The topological polar surface area (TPSA) is 83.6 Å². The predicted octanol–water partition coefficient (Wildman–Crippen LogP) is 4.09. The zero-order valence-electron chi connectivity index (χ0n) is 14.7. The Kier molecular flexibility index (Phi) is 4.12. The van der Waals surface area contributed by atoms with Crippen LogP contribution in [0.4, 0.5) is 10.2 Å². The lowest BCUT2D eigenvalue weighted by Gasteiger charge is -2.07. The standard InChI is InChI=1S/C20H16FN5O/c1-11-3-4-14(9-23-11)18-19(26-16-8-15(21)10-24-20(16)18)13-5-6-22-17(7-13)25-12(2)27/h3-10,26H,1-2H3,(H,22,25,27). The van der Waals surface area contributed by atoms with Crippen LogP contribution in [0.3, 0.4) is 0 Å². The van der Waals surface area contributed by atoms with Gasteiger partial charge in [-0.2, -0.15) is 0 Å². The molecule has 7 heteroatoms. The van der Waals surface area contributed by atoms with Crippen LogP contribution in [-0.4, -0.2) is 25.8 Å². The Morgan fingerprint density at radius 2 is 1.93 bits per heavy atom.